The zero-order valence-electron chi connectivity index (χ0n) is 17.2. The van der Waals surface area contributed by atoms with Gasteiger partial charge in [0.05, 0.1) is 11.6 Å². The molecule has 0 aromatic heterocycles. The zero-order chi connectivity index (χ0) is 23.9. The third kappa shape index (κ3) is 4.96. The number of hydrogen-bond acceptors (Lipinski definition) is 6. The second-order valence-corrected chi connectivity index (χ2v) is 8.88. The van der Waals surface area contributed by atoms with Crippen molar-refractivity contribution in [3.63, 3.8) is 0 Å². The van der Waals surface area contributed by atoms with Gasteiger partial charge in [-0.1, -0.05) is 17.7 Å². The largest absolute Gasteiger partial charge is 0.393 e. The van der Waals surface area contributed by atoms with Gasteiger partial charge >= 0.3 is 6.18 Å². The Kier molecular flexibility index (Phi) is 6.98. The number of ether oxygens (including phenoxy) is 1. The van der Waals surface area contributed by atoms with Crippen molar-refractivity contribution in [2.45, 2.75) is 56.2 Å². The molecular formula is C19H25ClF6N4O2. The molecule has 6 nitrogen and oxygen atoms in total. The first-order chi connectivity index (χ1) is 14.7. The quantitative estimate of drug-likeness (QED) is 0.359. The molecule has 0 fully saturated rings. The number of halogens is 7. The van der Waals surface area contributed by atoms with Crippen molar-refractivity contribution in [2.24, 2.45) is 22.6 Å². The summed E-state index contributed by atoms with van der Waals surface area (Å²) in [4.78, 5) is 3.89. The smallest absolute Gasteiger partial charge is 0.386 e. The van der Waals surface area contributed by atoms with E-state index in [1.54, 1.807) is 0 Å². The Bertz CT molecular complexity index is 818. The average molecular weight is 491 g/mol. The van der Waals surface area contributed by atoms with Crippen molar-refractivity contribution in [3.8, 4) is 0 Å². The molecule has 0 aromatic rings. The third-order valence-electron chi connectivity index (χ3n) is 6.15. The van der Waals surface area contributed by atoms with Gasteiger partial charge in [-0.3, -0.25) is 4.99 Å². The van der Waals surface area contributed by atoms with Crippen LogP contribution in [0.15, 0.2) is 27.5 Å². The Morgan fingerprint density at radius 3 is 2.69 bits per heavy atom. The molecule has 3 aliphatic rings. The van der Waals surface area contributed by atoms with Crippen molar-refractivity contribution in [1.29, 1.82) is 0 Å². The first-order valence-electron chi connectivity index (χ1n) is 10.0. The van der Waals surface area contributed by atoms with Crippen LogP contribution in [0.4, 0.5) is 26.3 Å². The Labute approximate surface area is 185 Å². The van der Waals surface area contributed by atoms with Crippen LogP contribution >= 0.6 is 11.6 Å². The van der Waals surface area contributed by atoms with E-state index >= 15 is 0 Å². The summed E-state index contributed by atoms with van der Waals surface area (Å²) in [6.45, 7) is -0.630. The number of rotatable bonds is 4. The lowest BCUT2D eigenvalue weighted by atomic mass is 9.72. The van der Waals surface area contributed by atoms with Crippen LogP contribution in [0.5, 0.6) is 0 Å². The lowest BCUT2D eigenvalue weighted by molar-refractivity contribution is -0.173. The number of allylic oxidation sites excluding steroid dienone is 3. The summed E-state index contributed by atoms with van der Waals surface area (Å²) in [5.74, 6) is -6.67. The Morgan fingerprint density at radius 1 is 1.38 bits per heavy atom. The number of aliphatic imine (C=N–C) groups is 1. The van der Waals surface area contributed by atoms with Gasteiger partial charge in [0.15, 0.2) is 6.23 Å². The highest BCUT2D eigenvalue weighted by Crippen LogP contribution is 2.46. The Hall–Kier alpha value is -1.66. The highest BCUT2D eigenvalue weighted by atomic mass is 35.5. The van der Waals surface area contributed by atoms with Gasteiger partial charge in [0.1, 0.15) is 30.8 Å². The summed E-state index contributed by atoms with van der Waals surface area (Å²) in [7, 11) is 0. The predicted molar refractivity (Wildman–Crippen MR) is 106 cm³/mol. The molecular weight excluding hydrogens is 466 g/mol. The van der Waals surface area contributed by atoms with E-state index in [9.17, 15) is 31.4 Å². The summed E-state index contributed by atoms with van der Waals surface area (Å²) in [6.07, 6.45) is -7.20. The zero-order valence-corrected chi connectivity index (χ0v) is 17.9. The van der Waals surface area contributed by atoms with E-state index in [1.807, 2.05) is 0 Å². The molecule has 0 radical (unpaired) electrons. The van der Waals surface area contributed by atoms with Crippen LogP contribution in [-0.2, 0) is 4.74 Å². The van der Waals surface area contributed by atoms with E-state index in [4.69, 9.17) is 22.1 Å². The second-order valence-electron chi connectivity index (χ2n) is 8.43. The molecule has 0 amide bonds. The van der Waals surface area contributed by atoms with Crippen LogP contribution in [-0.4, -0.2) is 60.7 Å². The molecule has 5 atom stereocenters. The summed E-state index contributed by atoms with van der Waals surface area (Å²) in [5, 5.41) is 15.4. The van der Waals surface area contributed by atoms with Crippen molar-refractivity contribution in [1.82, 2.24) is 10.6 Å². The molecule has 0 aromatic carbocycles. The number of nitrogens with one attached hydrogen (secondary N) is 2. The van der Waals surface area contributed by atoms with Crippen molar-refractivity contribution in [2.75, 3.05) is 19.8 Å². The Morgan fingerprint density at radius 2 is 2.06 bits per heavy atom. The minimum atomic E-state index is -4.45. The van der Waals surface area contributed by atoms with Gasteiger partial charge in [0.25, 0.3) is 5.92 Å². The van der Waals surface area contributed by atoms with E-state index in [0.717, 1.165) is 6.92 Å². The van der Waals surface area contributed by atoms with E-state index in [0.29, 0.717) is 0 Å². The molecule has 2 heterocycles. The lowest BCUT2D eigenvalue weighted by Gasteiger charge is -2.42. The number of aliphatic hydroxyl groups excluding tert-OH is 1. The minimum Gasteiger partial charge on any atom is -0.386 e. The molecule has 0 bridgehead atoms. The number of nitrogens with two attached hydrogens (primary N) is 1. The molecule has 13 heteroatoms. The van der Waals surface area contributed by atoms with Crippen LogP contribution in [0.2, 0.25) is 0 Å². The molecule has 5 unspecified atom stereocenters. The van der Waals surface area contributed by atoms with Crippen LogP contribution in [0.1, 0.15) is 26.2 Å². The van der Waals surface area contributed by atoms with Crippen LogP contribution in [0, 0.1) is 11.8 Å². The van der Waals surface area contributed by atoms with E-state index in [2.05, 4.69) is 15.6 Å². The number of hydrogen-bond donors (Lipinski definition) is 4. The van der Waals surface area contributed by atoms with Gasteiger partial charge in [-0.05, 0) is 26.2 Å². The number of amidine groups is 1. The first kappa shape index (κ1) is 25.0. The van der Waals surface area contributed by atoms with Crippen LogP contribution < -0.4 is 16.4 Å². The number of aliphatic hydroxyl groups is 1. The molecule has 0 spiro atoms. The van der Waals surface area contributed by atoms with Crippen molar-refractivity contribution < 1.29 is 36.2 Å². The molecule has 5 N–H and O–H groups in total. The number of alkyl halides is 6. The standard InChI is InChI=1S/C19H25ClF6N4O2/c1-17(18(22,23)8-32-7-14(27)30-17)11-5-10(2-3-13(11)21)29-16(31)15-12(20)4-9(6-28-15)19(24,25)26/h2,9,11,13,16,28-29,31H,3-8H2,1H3,(H2,27,30). The highest BCUT2D eigenvalue weighted by Gasteiger charge is 2.59. The SMILES string of the molecule is CC1(C2CC(NC(O)C3=C(Cl)CC(C(F)(F)F)CN3)=CCC2F)N=C(N)COCC1(F)F. The molecule has 182 valence electrons. The minimum absolute atomic E-state index is 0.0475. The van der Waals surface area contributed by atoms with Gasteiger partial charge in [-0.25, -0.2) is 13.2 Å². The van der Waals surface area contributed by atoms with Crippen LogP contribution in [0.25, 0.3) is 0 Å². The molecule has 1 aliphatic carbocycles. The monoisotopic (exact) mass is 490 g/mol. The predicted octanol–water partition coefficient (Wildman–Crippen LogP) is 2.93. The van der Waals surface area contributed by atoms with Gasteiger partial charge < -0.3 is 26.2 Å². The number of nitrogens with zero attached hydrogens (tertiary/aromatic N) is 1. The maximum Gasteiger partial charge on any atom is 0.393 e. The van der Waals surface area contributed by atoms with Gasteiger partial charge in [0.2, 0.25) is 0 Å². The van der Waals surface area contributed by atoms with Crippen molar-refractivity contribution >= 4 is 17.4 Å². The molecule has 32 heavy (non-hydrogen) atoms. The fourth-order valence-corrected chi connectivity index (χ4v) is 4.54. The Balaban J connectivity index is 1.76. The summed E-state index contributed by atoms with van der Waals surface area (Å²) in [5.41, 5.74) is 3.64. The highest BCUT2D eigenvalue weighted by molar-refractivity contribution is 6.30. The van der Waals surface area contributed by atoms with E-state index < -0.39 is 61.4 Å². The lowest BCUT2D eigenvalue weighted by Crippen LogP contribution is -2.56. The van der Waals surface area contributed by atoms with Crippen LogP contribution in [0.3, 0.4) is 0 Å². The topological polar surface area (TPSA) is 91.9 Å². The maximum atomic E-state index is 14.8. The molecule has 0 saturated heterocycles. The summed E-state index contributed by atoms with van der Waals surface area (Å²) >= 11 is 5.96. The molecule has 2 aliphatic heterocycles. The maximum absolute atomic E-state index is 14.8. The van der Waals surface area contributed by atoms with E-state index in [1.165, 1.54) is 6.08 Å². The van der Waals surface area contributed by atoms with Crippen molar-refractivity contribution in [3.05, 3.63) is 22.5 Å². The van der Waals surface area contributed by atoms with E-state index in [-0.39, 0.29) is 41.7 Å². The average Bonchev–Trinajstić information content (AvgIpc) is 2.77. The van der Waals surface area contributed by atoms with Gasteiger partial charge in [0, 0.05) is 23.2 Å². The third-order valence-corrected chi connectivity index (χ3v) is 6.51. The fraction of sp³-hybridized carbons (Fsp3) is 0.737. The molecule has 3 rings (SSSR count). The van der Waals surface area contributed by atoms with Gasteiger partial charge in [-0.15, -0.1) is 0 Å². The second kappa shape index (κ2) is 8.94. The summed E-state index contributed by atoms with van der Waals surface area (Å²) < 4.78 is 88.0. The molecule has 0 saturated carbocycles. The fourth-order valence-electron chi connectivity index (χ4n) is 4.18. The normalized spacial score (nSPS) is 34.7. The summed E-state index contributed by atoms with van der Waals surface area (Å²) in [6, 6.07) is 0. The van der Waals surface area contributed by atoms with Gasteiger partial charge in [-0.2, -0.15) is 13.2 Å². The first-order valence-corrected chi connectivity index (χ1v) is 10.4.